The van der Waals surface area contributed by atoms with E-state index < -0.39 is 56.5 Å². The van der Waals surface area contributed by atoms with E-state index in [4.69, 9.17) is 33.2 Å². The van der Waals surface area contributed by atoms with Crippen molar-refractivity contribution in [2.45, 2.75) is 307 Å². The van der Waals surface area contributed by atoms with E-state index in [1.807, 2.05) is 6.92 Å². The number of esters is 3. The van der Waals surface area contributed by atoms with Crippen LogP contribution < -0.4 is 18.9 Å². The molecule has 102 heavy (non-hydrogen) atoms. The average Bonchev–Trinajstić information content (AvgIpc) is 0.669. The lowest BCUT2D eigenvalue weighted by atomic mass is 9.32. The van der Waals surface area contributed by atoms with E-state index in [1.165, 1.54) is 36.7 Å². The van der Waals surface area contributed by atoms with Crippen LogP contribution in [0.3, 0.4) is 0 Å². The number of rotatable bonds is 3. The number of ketones is 1. The van der Waals surface area contributed by atoms with Crippen molar-refractivity contribution < 1.29 is 57.4 Å². The lowest BCUT2D eigenvalue weighted by Gasteiger charge is -2.73. The summed E-state index contributed by atoms with van der Waals surface area (Å²) in [5.41, 5.74) is 4.98. The molecule has 0 radical (unpaired) electrons. The Kier molecular flexibility index (Phi) is 14.2. The highest BCUT2D eigenvalue weighted by Crippen LogP contribution is 2.81. The van der Waals surface area contributed by atoms with Gasteiger partial charge in [-0.15, -0.1) is 0 Å². The SMILES string of the molecule is COC(=O)[C@]1(C)CC[C@]2(C)CC[C@]3(C)C4CCc5c(cc6c(c5C)O[C@@H]5c7c(cc8c(c7C)O[C@]7(O)C(=O)C=C9C(=CC=C%10[C@@]9(C)CC[C@@]9(C)[C@@H]%11C[C@](C)(C(=O)OC)CC[C@]%11(C)CC[C@]%109C)[C@]7(C)O8)[C@]7(C)CC[C@@]8(C)C9C[C@](C)(C(=O)OC)CC[C@]9(C)CC[C@]8(C)C7[C@@H]5O6)[C@]4(C)CC[C@@]3(C)C2C1. The first-order chi connectivity index (χ1) is 47.5. The van der Waals surface area contributed by atoms with Crippen molar-refractivity contribution in [1.29, 1.82) is 0 Å². The zero-order valence-electron chi connectivity index (χ0n) is 66.1. The third kappa shape index (κ3) is 8.03. The minimum absolute atomic E-state index is 0.0383. The van der Waals surface area contributed by atoms with Gasteiger partial charge in [-0.05, 0) is 313 Å². The molecule has 17 rings (SSSR count). The monoisotopic (exact) mass is 1390 g/mol. The zero-order valence-corrected chi connectivity index (χ0v) is 66.1. The van der Waals surface area contributed by atoms with E-state index in [2.05, 4.69) is 142 Å². The molecule has 2 aromatic carbocycles. The Bertz CT molecular complexity index is 4200. The van der Waals surface area contributed by atoms with Gasteiger partial charge < -0.3 is 38.3 Å². The molecule has 0 bridgehead atoms. The molecule has 12 nitrogen and oxygen atoms in total. The summed E-state index contributed by atoms with van der Waals surface area (Å²) in [4.78, 5) is 57.0. The fourth-order valence-electron chi connectivity index (χ4n) is 30.3. The number of allylic oxidation sites excluding steroid dienone is 3. The summed E-state index contributed by atoms with van der Waals surface area (Å²) >= 11 is 0. The van der Waals surface area contributed by atoms with Crippen LogP contribution in [0.2, 0.25) is 0 Å². The second-order valence-corrected chi connectivity index (χ2v) is 41.8. The Morgan fingerprint density at radius 1 is 0.480 bits per heavy atom. The number of benzene rings is 2. The minimum Gasteiger partial charge on any atom is -0.482 e. The molecule has 13 aliphatic carbocycles. The predicted octanol–water partition coefficient (Wildman–Crippen LogP) is 19.3. The molecule has 9 fully saturated rings. The first-order valence-electron chi connectivity index (χ1n) is 40.2. The molecule has 2 heterocycles. The van der Waals surface area contributed by atoms with Crippen LogP contribution in [-0.4, -0.2) is 67.6 Å². The molecule has 0 aromatic heterocycles. The largest absolute Gasteiger partial charge is 0.482 e. The maximum absolute atomic E-state index is 15.7. The van der Waals surface area contributed by atoms with Gasteiger partial charge in [0.1, 0.15) is 6.10 Å². The van der Waals surface area contributed by atoms with Crippen LogP contribution in [0.25, 0.3) is 0 Å². The van der Waals surface area contributed by atoms with Gasteiger partial charge in [-0.2, -0.15) is 0 Å². The van der Waals surface area contributed by atoms with Crippen molar-refractivity contribution in [2.24, 2.45) is 100.0 Å². The summed E-state index contributed by atoms with van der Waals surface area (Å²) in [6.07, 6.45) is 27.4. The molecule has 554 valence electrons. The molecule has 24 atom stereocenters. The van der Waals surface area contributed by atoms with Gasteiger partial charge in [0.05, 0.1) is 37.6 Å². The van der Waals surface area contributed by atoms with Gasteiger partial charge in [0, 0.05) is 33.4 Å². The first kappa shape index (κ1) is 69.9. The standard InChI is InChI=1S/C90H122O12/c1-50-52-22-24-59-80(9,35-41-85(14)61-47-77(6,71(92)96-19)29-26-74(61,3)32-38-83(59,85)12)54(52)44-57-66(50)100-68-65-51(2)67-58(45-56(65)82(11)37-43-87(16)63-49-79(8,73(94)98-21)31-28-76(63,5)34-40-88(87,17)70(82)69(68)99-57)101-89(18)53-23-25-60-81(10,55(53)46-64(91)90(89,95)102-67)36-42-86(15)62-48-78(7,72(93)97-20)30-27-75(62,4)33-39-84(60,86)13/h23,25,44-46,59,61-63,68-70,95H,22,24,26-43,47-49H2,1-21H3/t59?,61?,62-,63?,68-,69-,70?,74-,75-,76-,77-,78-,79-,80+,81+,82+,83-,84-,85+,86+,87+,88-,89+,90-/m1/s1. The number of carbonyl (C=O) groups excluding carboxylic acids is 4. The van der Waals surface area contributed by atoms with Crippen LogP contribution in [0.5, 0.6) is 23.0 Å². The average molecular weight is 1400 g/mol. The van der Waals surface area contributed by atoms with Crippen molar-refractivity contribution in [1.82, 2.24) is 0 Å². The van der Waals surface area contributed by atoms with Crippen LogP contribution in [0.1, 0.15) is 292 Å². The van der Waals surface area contributed by atoms with E-state index in [1.54, 1.807) is 20.3 Å². The fraction of sp³-hybridized carbons (Fsp3) is 0.756. The van der Waals surface area contributed by atoms with Gasteiger partial charge in [-0.25, -0.2) is 0 Å². The maximum atomic E-state index is 15.7. The molecule has 0 saturated heterocycles. The molecule has 2 aromatic rings. The van der Waals surface area contributed by atoms with E-state index in [9.17, 15) is 19.5 Å². The smallest absolute Gasteiger partial charge is 0.317 e. The summed E-state index contributed by atoms with van der Waals surface area (Å²) in [6.45, 7) is 43.1. The molecule has 15 aliphatic rings. The Balaban J connectivity index is 0.782. The predicted molar refractivity (Wildman–Crippen MR) is 393 cm³/mol. The molecule has 2 aliphatic heterocycles. The molecule has 9 saturated carbocycles. The highest BCUT2D eigenvalue weighted by atomic mass is 16.7. The number of carbonyl (C=O) groups is 4. The summed E-state index contributed by atoms with van der Waals surface area (Å²) in [5.74, 6) is 0.641. The van der Waals surface area contributed by atoms with Crippen LogP contribution >= 0.6 is 0 Å². The van der Waals surface area contributed by atoms with Gasteiger partial charge in [-0.3, -0.25) is 19.2 Å². The minimum atomic E-state index is -2.41. The number of ether oxygens (including phenoxy) is 7. The zero-order chi connectivity index (χ0) is 73.1. The summed E-state index contributed by atoms with van der Waals surface area (Å²) in [7, 11) is 4.66. The first-order valence-corrected chi connectivity index (χ1v) is 40.2. The fourth-order valence-corrected chi connectivity index (χ4v) is 30.3. The Hall–Kier alpha value is -5.10. The van der Waals surface area contributed by atoms with Crippen LogP contribution in [0.15, 0.2) is 47.1 Å². The molecule has 0 spiro atoms. The van der Waals surface area contributed by atoms with E-state index in [0.29, 0.717) is 29.3 Å². The number of aliphatic hydroxyl groups is 1. The molecule has 1 N–H and O–H groups in total. The summed E-state index contributed by atoms with van der Waals surface area (Å²) in [5, 5.41) is 13.6. The topological polar surface area (TPSA) is 153 Å². The van der Waals surface area contributed by atoms with Gasteiger partial charge in [0.15, 0.2) is 29.1 Å². The third-order valence-electron chi connectivity index (χ3n) is 37.8. The van der Waals surface area contributed by atoms with E-state index in [0.717, 1.165) is 180 Å². The van der Waals surface area contributed by atoms with Crippen molar-refractivity contribution in [3.8, 4) is 23.0 Å². The Labute approximate surface area is 609 Å². The summed E-state index contributed by atoms with van der Waals surface area (Å²) < 4.78 is 47.8. The molecule has 12 heteroatoms. The lowest BCUT2D eigenvalue weighted by molar-refractivity contribution is -0.239. The van der Waals surface area contributed by atoms with Crippen molar-refractivity contribution in [3.05, 3.63) is 80.5 Å². The van der Waals surface area contributed by atoms with Crippen LogP contribution in [0, 0.1) is 114 Å². The van der Waals surface area contributed by atoms with Crippen LogP contribution in [0.4, 0.5) is 0 Å². The number of methoxy groups -OCH3 is 3. The van der Waals surface area contributed by atoms with Gasteiger partial charge in [0.25, 0.3) is 0 Å². The summed E-state index contributed by atoms with van der Waals surface area (Å²) in [6, 6.07) is 4.71. The number of fused-ring (bicyclic) bond motifs is 28. The van der Waals surface area contributed by atoms with Crippen LogP contribution in [-0.2, 0) is 50.6 Å². The Morgan fingerprint density at radius 3 is 1.53 bits per heavy atom. The highest BCUT2D eigenvalue weighted by Gasteiger charge is 2.76. The van der Waals surface area contributed by atoms with Gasteiger partial charge in [0.2, 0.25) is 11.4 Å². The Morgan fingerprint density at radius 2 is 0.961 bits per heavy atom. The second kappa shape index (κ2) is 20.8. The van der Waals surface area contributed by atoms with Gasteiger partial charge in [-0.1, -0.05) is 101 Å². The maximum Gasteiger partial charge on any atom is 0.317 e. The normalized spacial score (nSPS) is 50.7. The van der Waals surface area contributed by atoms with E-state index >= 15 is 4.79 Å². The quantitative estimate of drug-likeness (QED) is 0.230. The molecular formula is C90H122O12. The highest BCUT2D eigenvalue weighted by molar-refractivity contribution is 6.02. The van der Waals surface area contributed by atoms with Crippen molar-refractivity contribution in [2.75, 3.05) is 21.3 Å². The lowest BCUT2D eigenvalue weighted by Crippen LogP contribution is -2.70. The molecule has 0 amide bonds. The van der Waals surface area contributed by atoms with E-state index in [-0.39, 0.29) is 83.9 Å². The molecular weight excluding hydrogens is 1270 g/mol. The third-order valence-corrected chi connectivity index (χ3v) is 37.8. The molecule has 4 unspecified atom stereocenters. The van der Waals surface area contributed by atoms with Gasteiger partial charge >= 0.3 is 23.7 Å². The number of hydrogen-bond acceptors (Lipinski definition) is 12. The van der Waals surface area contributed by atoms with Crippen molar-refractivity contribution in [3.63, 3.8) is 0 Å². The number of hydrogen-bond donors (Lipinski definition) is 1. The van der Waals surface area contributed by atoms with Crippen molar-refractivity contribution >= 4 is 23.7 Å². The second-order valence-electron chi connectivity index (χ2n) is 41.8.